The van der Waals surface area contributed by atoms with Crippen molar-refractivity contribution in [1.82, 2.24) is 10.3 Å². The van der Waals surface area contributed by atoms with E-state index in [4.69, 9.17) is 4.74 Å². The van der Waals surface area contributed by atoms with Gasteiger partial charge in [-0.15, -0.1) is 0 Å². The van der Waals surface area contributed by atoms with Crippen molar-refractivity contribution < 1.29 is 23.8 Å². The smallest absolute Gasteiger partial charge is 0.408 e. The molecule has 1 aliphatic rings. The molecule has 8 heteroatoms. The van der Waals surface area contributed by atoms with Gasteiger partial charge in [0.25, 0.3) is 0 Å². The van der Waals surface area contributed by atoms with Crippen LogP contribution in [-0.2, 0) is 22.7 Å². The summed E-state index contributed by atoms with van der Waals surface area (Å²) >= 11 is 0. The zero-order valence-electron chi connectivity index (χ0n) is 16.6. The number of alkyl halides is 1. The summed E-state index contributed by atoms with van der Waals surface area (Å²) < 4.78 is 18.8. The molecule has 3 N–H and O–H groups in total. The van der Waals surface area contributed by atoms with E-state index >= 15 is 0 Å². The Morgan fingerprint density at radius 1 is 1.13 bits per heavy atom. The van der Waals surface area contributed by atoms with Crippen molar-refractivity contribution in [2.45, 2.75) is 51.1 Å². The topological polar surface area (TPSA) is 101 Å². The van der Waals surface area contributed by atoms with Crippen LogP contribution in [0.15, 0.2) is 48.7 Å². The van der Waals surface area contributed by atoms with Crippen LogP contribution in [0, 0.1) is 5.92 Å². The van der Waals surface area contributed by atoms with Gasteiger partial charge in [0, 0.05) is 6.20 Å². The summed E-state index contributed by atoms with van der Waals surface area (Å²) in [5.41, 5.74) is 1.43. The molecule has 0 bridgehead atoms. The van der Waals surface area contributed by atoms with Crippen LogP contribution in [0.3, 0.4) is 0 Å². The molecule has 1 aliphatic carbocycles. The van der Waals surface area contributed by atoms with Crippen LogP contribution in [0.1, 0.15) is 36.8 Å². The molecule has 7 nitrogen and oxygen atoms in total. The molecule has 0 radical (unpaired) electrons. The van der Waals surface area contributed by atoms with Gasteiger partial charge in [0.05, 0.1) is 6.61 Å². The van der Waals surface area contributed by atoms with Crippen LogP contribution in [0.4, 0.5) is 15.0 Å². The van der Waals surface area contributed by atoms with Crippen LogP contribution in [0.25, 0.3) is 0 Å². The van der Waals surface area contributed by atoms with Gasteiger partial charge in [0.15, 0.2) is 0 Å². The highest BCUT2D eigenvalue weighted by Crippen LogP contribution is 2.29. The number of carbonyl (C=O) groups excluding carboxylic acids is 2. The number of hydrogen-bond donors (Lipinski definition) is 3. The number of nitrogens with one attached hydrogen (secondary N) is 2. The highest BCUT2D eigenvalue weighted by Gasteiger charge is 2.34. The quantitative estimate of drug-likeness (QED) is 0.644. The second-order valence-electron chi connectivity index (χ2n) is 7.39. The number of carbonyl (C=O) groups is 2. The van der Waals surface area contributed by atoms with Crippen molar-refractivity contribution in [2.75, 3.05) is 5.32 Å². The van der Waals surface area contributed by atoms with Gasteiger partial charge in [0.2, 0.25) is 5.91 Å². The summed E-state index contributed by atoms with van der Waals surface area (Å²) in [4.78, 5) is 29.4. The molecule has 3 rings (SSSR count). The summed E-state index contributed by atoms with van der Waals surface area (Å²) in [5, 5.41) is 14.6. The number of hydrogen-bond acceptors (Lipinski definition) is 5. The first-order chi connectivity index (χ1) is 14.5. The number of alkyl carbamates (subject to hydrolysis) is 1. The molecular weight excluding hydrogens is 389 g/mol. The summed E-state index contributed by atoms with van der Waals surface area (Å²) in [6, 6.07) is 11.5. The average Bonchev–Trinajstić information content (AvgIpc) is 2.77. The second-order valence-corrected chi connectivity index (χ2v) is 7.39. The number of aromatic nitrogens is 1. The minimum Gasteiger partial charge on any atom is -0.445 e. The average molecular weight is 415 g/mol. The third kappa shape index (κ3) is 6.25. The maximum Gasteiger partial charge on any atom is 0.408 e. The molecule has 1 heterocycles. The standard InChI is InChI=1S/C22H26FN3O4/c23-18-8-6-17(7-9-18)20(21(28)25-19-12-16(13-27)10-11-24-19)26-22(29)30-14-15-4-2-1-3-5-15/h1-5,10-12,17-18,20,27H,6-9,13-14H2,(H,26,29)(H,24,25,28)/t17?,18?,20-/m0/s1. The summed E-state index contributed by atoms with van der Waals surface area (Å²) in [5.74, 6) is -0.381. The first kappa shape index (κ1) is 21.7. The van der Waals surface area contributed by atoms with E-state index in [1.807, 2.05) is 30.3 Å². The Morgan fingerprint density at radius 3 is 2.57 bits per heavy atom. The van der Waals surface area contributed by atoms with Gasteiger partial charge in [0.1, 0.15) is 24.6 Å². The van der Waals surface area contributed by atoms with E-state index in [1.54, 1.807) is 12.1 Å². The maximum absolute atomic E-state index is 13.6. The fraction of sp³-hybridized carbons (Fsp3) is 0.409. The van der Waals surface area contributed by atoms with Gasteiger partial charge in [-0.2, -0.15) is 0 Å². The largest absolute Gasteiger partial charge is 0.445 e. The lowest BCUT2D eigenvalue weighted by Gasteiger charge is -2.31. The highest BCUT2D eigenvalue weighted by atomic mass is 19.1. The zero-order chi connectivity index (χ0) is 21.3. The molecule has 0 saturated heterocycles. The van der Waals surface area contributed by atoms with Crippen LogP contribution in [0.2, 0.25) is 0 Å². The zero-order valence-corrected chi connectivity index (χ0v) is 16.6. The number of benzene rings is 1. The van der Waals surface area contributed by atoms with E-state index < -0.39 is 24.2 Å². The number of aliphatic hydroxyl groups excluding tert-OH is 1. The van der Waals surface area contributed by atoms with E-state index in [2.05, 4.69) is 15.6 Å². The number of halogens is 1. The van der Waals surface area contributed by atoms with Crippen molar-refractivity contribution in [1.29, 1.82) is 0 Å². The van der Waals surface area contributed by atoms with Crippen molar-refractivity contribution in [3.8, 4) is 0 Å². The molecular formula is C22H26FN3O4. The van der Waals surface area contributed by atoms with Gasteiger partial charge in [-0.25, -0.2) is 14.2 Å². The van der Waals surface area contributed by atoms with Crippen LogP contribution >= 0.6 is 0 Å². The van der Waals surface area contributed by atoms with Crippen molar-refractivity contribution >= 4 is 17.8 Å². The molecule has 1 atom stereocenters. The van der Waals surface area contributed by atoms with Gasteiger partial charge >= 0.3 is 6.09 Å². The summed E-state index contributed by atoms with van der Waals surface area (Å²) in [7, 11) is 0. The Bertz CT molecular complexity index is 841. The number of nitrogens with zero attached hydrogens (tertiary/aromatic N) is 1. The molecule has 0 spiro atoms. The first-order valence-corrected chi connectivity index (χ1v) is 10.0. The lowest BCUT2D eigenvalue weighted by atomic mass is 9.82. The Balaban J connectivity index is 1.66. The third-order valence-corrected chi connectivity index (χ3v) is 5.20. The third-order valence-electron chi connectivity index (χ3n) is 5.20. The molecule has 2 amide bonds. The van der Waals surface area contributed by atoms with E-state index in [9.17, 15) is 19.1 Å². The molecule has 30 heavy (non-hydrogen) atoms. The number of rotatable bonds is 7. The van der Waals surface area contributed by atoms with E-state index in [-0.39, 0.29) is 24.9 Å². The number of amides is 2. The number of pyridine rings is 1. The van der Waals surface area contributed by atoms with Crippen LogP contribution < -0.4 is 10.6 Å². The number of anilines is 1. The molecule has 1 aromatic carbocycles. The van der Waals surface area contributed by atoms with E-state index in [1.165, 1.54) is 6.20 Å². The lowest BCUT2D eigenvalue weighted by Crippen LogP contribution is -2.49. The second kappa shape index (κ2) is 10.7. The SMILES string of the molecule is O=C(N[C@H](C(=O)Nc1cc(CO)ccn1)C1CCC(F)CC1)OCc1ccccc1. The first-order valence-electron chi connectivity index (χ1n) is 10.0. The van der Waals surface area contributed by atoms with E-state index in [0.717, 1.165) is 5.56 Å². The van der Waals surface area contributed by atoms with Gasteiger partial charge in [-0.3, -0.25) is 4.79 Å². The fourth-order valence-corrected chi connectivity index (χ4v) is 3.55. The lowest BCUT2D eigenvalue weighted by molar-refractivity contribution is -0.119. The number of aliphatic hydroxyl groups is 1. The minimum atomic E-state index is -0.877. The molecule has 160 valence electrons. The molecule has 0 aliphatic heterocycles. The summed E-state index contributed by atoms with van der Waals surface area (Å²) in [6.07, 6.45) is 1.58. The van der Waals surface area contributed by atoms with Crippen molar-refractivity contribution in [2.24, 2.45) is 5.92 Å². The normalized spacial score (nSPS) is 19.5. The summed E-state index contributed by atoms with van der Waals surface area (Å²) in [6.45, 7) is -0.0995. The predicted octanol–water partition coefficient (Wildman–Crippen LogP) is 3.34. The fourth-order valence-electron chi connectivity index (χ4n) is 3.55. The molecule has 1 fully saturated rings. The van der Waals surface area contributed by atoms with Crippen molar-refractivity contribution in [3.05, 3.63) is 59.8 Å². The molecule has 0 unspecified atom stereocenters. The predicted molar refractivity (Wildman–Crippen MR) is 109 cm³/mol. The molecule has 1 aromatic heterocycles. The Kier molecular flexibility index (Phi) is 7.73. The Hall–Kier alpha value is -3.00. The minimum absolute atomic E-state index is 0.0817. The van der Waals surface area contributed by atoms with Gasteiger partial charge in [-0.05, 0) is 54.9 Å². The monoisotopic (exact) mass is 415 g/mol. The van der Waals surface area contributed by atoms with Crippen molar-refractivity contribution in [3.63, 3.8) is 0 Å². The van der Waals surface area contributed by atoms with Crippen LogP contribution in [-0.4, -0.2) is 34.3 Å². The van der Waals surface area contributed by atoms with Gasteiger partial charge in [-0.1, -0.05) is 30.3 Å². The molecule has 1 saturated carbocycles. The highest BCUT2D eigenvalue weighted by molar-refractivity contribution is 5.96. The Labute approximate surface area is 174 Å². The van der Waals surface area contributed by atoms with Gasteiger partial charge < -0.3 is 20.5 Å². The number of ether oxygens (including phenoxy) is 1. The maximum atomic E-state index is 13.6. The molecule has 2 aromatic rings. The Morgan fingerprint density at radius 2 is 1.87 bits per heavy atom. The van der Waals surface area contributed by atoms with E-state index in [0.29, 0.717) is 31.2 Å². The van der Waals surface area contributed by atoms with Crippen LogP contribution in [0.5, 0.6) is 0 Å².